The van der Waals surface area contributed by atoms with E-state index in [-0.39, 0.29) is 29.9 Å². The zero-order valence-electron chi connectivity index (χ0n) is 13.6. The van der Waals surface area contributed by atoms with E-state index in [0.717, 1.165) is 5.56 Å². The monoisotopic (exact) mass is 348 g/mol. The summed E-state index contributed by atoms with van der Waals surface area (Å²) in [4.78, 5) is 19.8. The predicted octanol–water partition coefficient (Wildman–Crippen LogP) is 1.23. The van der Waals surface area contributed by atoms with Crippen LogP contribution < -0.4 is 10.0 Å². The number of nitrogens with zero attached hydrogens (tertiary/aromatic N) is 2. The number of aromatic nitrogens is 2. The largest absolute Gasteiger partial charge is 0.347 e. The average Bonchev–Trinajstić information content (AvgIpc) is 2.53. The van der Waals surface area contributed by atoms with Gasteiger partial charge >= 0.3 is 0 Å². The highest BCUT2D eigenvalue weighted by Crippen LogP contribution is 2.12. The van der Waals surface area contributed by atoms with Crippen molar-refractivity contribution in [2.45, 2.75) is 32.2 Å². The molecular formula is C16H20N4O3S. The van der Waals surface area contributed by atoms with Crippen molar-refractivity contribution in [2.24, 2.45) is 0 Å². The molecule has 2 rings (SSSR count). The lowest BCUT2D eigenvalue weighted by molar-refractivity contribution is 0.0945. The van der Waals surface area contributed by atoms with Crippen LogP contribution in [0.1, 0.15) is 35.5 Å². The number of carbonyl (C=O) groups is 1. The molecule has 2 aromatic rings. The quantitative estimate of drug-likeness (QED) is 0.784. The highest BCUT2D eigenvalue weighted by atomic mass is 32.2. The van der Waals surface area contributed by atoms with Gasteiger partial charge in [-0.2, -0.15) is 0 Å². The van der Waals surface area contributed by atoms with Crippen LogP contribution in [-0.4, -0.2) is 30.3 Å². The molecule has 0 unspecified atom stereocenters. The van der Waals surface area contributed by atoms with Gasteiger partial charge in [0.1, 0.15) is 5.69 Å². The van der Waals surface area contributed by atoms with Crippen molar-refractivity contribution in [3.63, 3.8) is 0 Å². The lowest BCUT2D eigenvalue weighted by Gasteiger charge is -2.13. The van der Waals surface area contributed by atoms with Gasteiger partial charge in [0.25, 0.3) is 5.91 Å². The normalized spacial score (nSPS) is 11.5. The average molecular weight is 348 g/mol. The second kappa shape index (κ2) is 7.98. The Morgan fingerprint density at radius 3 is 2.50 bits per heavy atom. The van der Waals surface area contributed by atoms with Crippen LogP contribution in [0, 0.1) is 0 Å². The van der Waals surface area contributed by atoms with Gasteiger partial charge in [-0.3, -0.25) is 9.78 Å². The Bertz CT molecular complexity index is 792. The van der Waals surface area contributed by atoms with Crippen molar-refractivity contribution in [1.29, 1.82) is 0 Å². The summed E-state index contributed by atoms with van der Waals surface area (Å²) in [6.45, 7) is 3.75. The molecular weight excluding hydrogens is 328 g/mol. The van der Waals surface area contributed by atoms with Crippen molar-refractivity contribution in [3.8, 4) is 0 Å². The van der Waals surface area contributed by atoms with Gasteiger partial charge in [0.2, 0.25) is 10.0 Å². The number of sulfonamides is 1. The molecule has 0 saturated heterocycles. The van der Waals surface area contributed by atoms with Gasteiger partial charge in [0.05, 0.1) is 11.9 Å². The van der Waals surface area contributed by atoms with Crippen LogP contribution in [-0.2, 0) is 22.3 Å². The van der Waals surface area contributed by atoms with Crippen molar-refractivity contribution >= 4 is 15.9 Å². The Balaban J connectivity index is 2.08. The van der Waals surface area contributed by atoms with Crippen LogP contribution in [0.5, 0.6) is 0 Å². The lowest BCUT2D eigenvalue weighted by Crippen LogP contribution is -2.32. The number of benzene rings is 1. The first-order chi connectivity index (χ1) is 11.4. The molecule has 2 N–H and O–H groups in total. The van der Waals surface area contributed by atoms with E-state index in [1.807, 2.05) is 0 Å². The predicted molar refractivity (Wildman–Crippen MR) is 90.5 cm³/mol. The lowest BCUT2D eigenvalue weighted by atomic mass is 10.1. The van der Waals surface area contributed by atoms with Crippen LogP contribution in [0.4, 0.5) is 0 Å². The number of hydrogen-bond acceptors (Lipinski definition) is 5. The minimum Gasteiger partial charge on any atom is -0.347 e. The maximum absolute atomic E-state index is 12.1. The number of nitrogens with one attached hydrogen (secondary N) is 2. The smallest absolute Gasteiger partial charge is 0.271 e. The van der Waals surface area contributed by atoms with E-state index < -0.39 is 10.0 Å². The topological polar surface area (TPSA) is 101 Å². The van der Waals surface area contributed by atoms with E-state index in [9.17, 15) is 13.2 Å². The Labute approximate surface area is 141 Å². The molecule has 1 aromatic carbocycles. The minimum absolute atomic E-state index is 0.137. The molecule has 0 spiro atoms. The summed E-state index contributed by atoms with van der Waals surface area (Å²) < 4.78 is 26.8. The number of carbonyl (C=O) groups excluding carboxylic acids is 1. The summed E-state index contributed by atoms with van der Waals surface area (Å²) in [5.74, 6) is -0.497. The molecule has 0 atom stereocenters. The van der Waals surface area contributed by atoms with Crippen molar-refractivity contribution in [3.05, 3.63) is 59.7 Å². The van der Waals surface area contributed by atoms with Gasteiger partial charge in [-0.25, -0.2) is 18.1 Å². The molecule has 1 heterocycles. The summed E-state index contributed by atoms with van der Waals surface area (Å²) in [6.07, 6.45) is 4.30. The molecule has 0 bridgehead atoms. The van der Waals surface area contributed by atoms with Crippen molar-refractivity contribution in [2.75, 3.05) is 0 Å². The molecule has 1 amide bonds. The first kappa shape index (κ1) is 18.0. The van der Waals surface area contributed by atoms with E-state index in [1.54, 1.807) is 38.1 Å². The molecule has 1 aromatic heterocycles. The third-order valence-electron chi connectivity index (χ3n) is 3.11. The molecule has 0 saturated carbocycles. The van der Waals surface area contributed by atoms with Gasteiger partial charge in [-0.1, -0.05) is 24.3 Å². The molecule has 0 fully saturated rings. The third-order valence-corrected chi connectivity index (χ3v) is 4.64. The Morgan fingerprint density at radius 1 is 1.17 bits per heavy atom. The Kier molecular flexibility index (Phi) is 5.99. The summed E-state index contributed by atoms with van der Waals surface area (Å²) in [5.41, 5.74) is 1.60. The van der Waals surface area contributed by atoms with Crippen LogP contribution in [0.3, 0.4) is 0 Å². The van der Waals surface area contributed by atoms with E-state index in [0.29, 0.717) is 5.56 Å². The molecule has 8 heteroatoms. The highest BCUT2D eigenvalue weighted by molar-refractivity contribution is 7.88. The van der Waals surface area contributed by atoms with Gasteiger partial charge < -0.3 is 5.32 Å². The molecule has 0 radical (unpaired) electrons. The third kappa shape index (κ3) is 5.39. The summed E-state index contributed by atoms with van der Waals surface area (Å²) in [7, 11) is -3.43. The van der Waals surface area contributed by atoms with Crippen LogP contribution in [0.15, 0.2) is 42.9 Å². The second-order valence-corrected chi connectivity index (χ2v) is 7.33. The molecule has 0 aliphatic heterocycles. The van der Waals surface area contributed by atoms with Crippen molar-refractivity contribution in [1.82, 2.24) is 20.0 Å². The van der Waals surface area contributed by atoms with Gasteiger partial charge in [-0.05, 0) is 25.0 Å². The first-order valence-electron chi connectivity index (χ1n) is 7.48. The molecule has 128 valence electrons. The van der Waals surface area contributed by atoms with Crippen LogP contribution in [0.2, 0.25) is 0 Å². The Morgan fingerprint density at radius 2 is 1.88 bits per heavy atom. The summed E-state index contributed by atoms with van der Waals surface area (Å²) >= 11 is 0. The van der Waals surface area contributed by atoms with Crippen LogP contribution in [0.25, 0.3) is 0 Å². The van der Waals surface area contributed by atoms with Crippen molar-refractivity contribution < 1.29 is 13.2 Å². The highest BCUT2D eigenvalue weighted by Gasteiger charge is 2.16. The fourth-order valence-electron chi connectivity index (χ4n) is 2.16. The number of rotatable bonds is 7. The Hall–Kier alpha value is -2.32. The fraction of sp³-hybridized carbons (Fsp3) is 0.312. The zero-order valence-corrected chi connectivity index (χ0v) is 14.4. The molecule has 7 nitrogen and oxygen atoms in total. The standard InChI is InChI=1S/C16H20N4O3S/c1-12(2)20-24(22,23)11-14-6-4-3-5-13(14)9-19-16(21)15-10-17-7-8-18-15/h3-8,10,12,20H,9,11H2,1-2H3,(H,19,21). The first-order valence-corrected chi connectivity index (χ1v) is 9.13. The fourth-order valence-corrected chi connectivity index (χ4v) is 3.65. The second-order valence-electron chi connectivity index (χ2n) is 5.57. The van der Waals surface area contributed by atoms with Crippen LogP contribution >= 0.6 is 0 Å². The molecule has 24 heavy (non-hydrogen) atoms. The van der Waals surface area contributed by atoms with E-state index in [2.05, 4.69) is 20.0 Å². The zero-order chi connectivity index (χ0) is 17.6. The maximum atomic E-state index is 12.1. The van der Waals surface area contributed by atoms with E-state index in [4.69, 9.17) is 0 Å². The van der Waals surface area contributed by atoms with Gasteiger partial charge in [-0.15, -0.1) is 0 Å². The molecule has 0 aliphatic rings. The minimum atomic E-state index is -3.43. The number of amides is 1. The van der Waals surface area contributed by atoms with Gasteiger partial charge in [0.15, 0.2) is 0 Å². The number of hydrogen-bond donors (Lipinski definition) is 2. The summed E-state index contributed by atoms with van der Waals surface area (Å²) in [6, 6.07) is 6.93. The van der Waals surface area contributed by atoms with Gasteiger partial charge in [0, 0.05) is 25.0 Å². The van der Waals surface area contributed by atoms with E-state index in [1.165, 1.54) is 18.6 Å². The SMILES string of the molecule is CC(C)NS(=O)(=O)Cc1ccccc1CNC(=O)c1cnccn1. The van der Waals surface area contributed by atoms with E-state index >= 15 is 0 Å². The maximum Gasteiger partial charge on any atom is 0.271 e. The summed E-state index contributed by atoms with van der Waals surface area (Å²) in [5, 5.41) is 2.73. The molecule has 0 aliphatic carbocycles.